The maximum Gasteiger partial charge on any atom is 0.251 e. The number of hydrogen-bond donors (Lipinski definition) is 1. The van der Waals surface area contributed by atoms with Crippen molar-refractivity contribution in [2.75, 3.05) is 6.61 Å². The van der Waals surface area contributed by atoms with Crippen molar-refractivity contribution in [3.63, 3.8) is 0 Å². The predicted molar refractivity (Wildman–Crippen MR) is 64.8 cm³/mol. The van der Waals surface area contributed by atoms with Crippen molar-refractivity contribution in [2.45, 2.75) is 33.2 Å². The molecule has 0 bridgehead atoms. The van der Waals surface area contributed by atoms with Crippen LogP contribution in [-0.2, 0) is 0 Å². The molecule has 0 spiro atoms. The minimum absolute atomic E-state index is 0.0455. The molecular weight excluding hydrogens is 202 g/mol. The van der Waals surface area contributed by atoms with Crippen molar-refractivity contribution in [3.8, 4) is 5.75 Å². The van der Waals surface area contributed by atoms with Crippen LogP contribution in [-0.4, -0.2) is 18.6 Å². The molecule has 3 nitrogen and oxygen atoms in total. The van der Waals surface area contributed by atoms with Crippen LogP contribution in [0.15, 0.2) is 24.3 Å². The minimum Gasteiger partial charge on any atom is -0.494 e. The van der Waals surface area contributed by atoms with E-state index in [0.717, 1.165) is 12.2 Å². The summed E-state index contributed by atoms with van der Waals surface area (Å²) in [4.78, 5) is 11.8. The van der Waals surface area contributed by atoms with Crippen LogP contribution in [0.1, 0.15) is 37.6 Å². The quantitative estimate of drug-likeness (QED) is 0.830. The molecule has 0 saturated heterocycles. The van der Waals surface area contributed by atoms with Gasteiger partial charge >= 0.3 is 0 Å². The van der Waals surface area contributed by atoms with Crippen molar-refractivity contribution in [1.82, 2.24) is 5.32 Å². The third-order valence-corrected chi connectivity index (χ3v) is 2.40. The van der Waals surface area contributed by atoms with Crippen LogP contribution >= 0.6 is 0 Å². The fourth-order valence-corrected chi connectivity index (χ4v) is 1.30. The summed E-state index contributed by atoms with van der Waals surface area (Å²) < 4.78 is 5.35. The van der Waals surface area contributed by atoms with Crippen molar-refractivity contribution in [2.24, 2.45) is 0 Å². The first-order valence-corrected chi connectivity index (χ1v) is 5.71. The van der Waals surface area contributed by atoms with E-state index in [0.29, 0.717) is 12.2 Å². The molecule has 0 aliphatic rings. The van der Waals surface area contributed by atoms with Crippen LogP contribution in [0.2, 0.25) is 0 Å². The summed E-state index contributed by atoms with van der Waals surface area (Å²) in [5, 5.41) is 2.92. The van der Waals surface area contributed by atoms with Gasteiger partial charge in [0, 0.05) is 11.6 Å². The van der Waals surface area contributed by atoms with Crippen molar-refractivity contribution in [1.29, 1.82) is 0 Å². The zero-order chi connectivity index (χ0) is 12.0. The van der Waals surface area contributed by atoms with Crippen LogP contribution < -0.4 is 10.1 Å². The number of nitrogens with one attached hydrogen (secondary N) is 1. The van der Waals surface area contributed by atoms with Gasteiger partial charge in [-0.15, -0.1) is 0 Å². The highest BCUT2D eigenvalue weighted by Gasteiger charge is 2.08. The second-order valence-electron chi connectivity index (χ2n) is 3.74. The molecule has 0 aliphatic heterocycles. The molecule has 0 aromatic heterocycles. The van der Waals surface area contributed by atoms with E-state index in [1.807, 2.05) is 32.9 Å². The van der Waals surface area contributed by atoms with Crippen LogP contribution in [0.4, 0.5) is 0 Å². The Morgan fingerprint density at radius 3 is 2.81 bits per heavy atom. The first kappa shape index (κ1) is 12.6. The van der Waals surface area contributed by atoms with Gasteiger partial charge in [0.2, 0.25) is 0 Å². The molecular formula is C13H19NO2. The lowest BCUT2D eigenvalue weighted by molar-refractivity contribution is 0.0939. The van der Waals surface area contributed by atoms with Crippen LogP contribution in [0.5, 0.6) is 5.75 Å². The van der Waals surface area contributed by atoms with Crippen LogP contribution in [0, 0.1) is 0 Å². The van der Waals surface area contributed by atoms with Crippen molar-refractivity contribution < 1.29 is 9.53 Å². The van der Waals surface area contributed by atoms with Crippen molar-refractivity contribution >= 4 is 5.91 Å². The number of carbonyl (C=O) groups excluding carboxylic acids is 1. The minimum atomic E-state index is -0.0455. The molecule has 1 atom stereocenters. The fourth-order valence-electron chi connectivity index (χ4n) is 1.30. The molecule has 0 saturated carbocycles. The number of rotatable bonds is 5. The second-order valence-corrected chi connectivity index (χ2v) is 3.74. The molecule has 1 aromatic carbocycles. The van der Waals surface area contributed by atoms with Gasteiger partial charge in [-0.1, -0.05) is 13.0 Å². The van der Waals surface area contributed by atoms with E-state index in [1.54, 1.807) is 12.1 Å². The van der Waals surface area contributed by atoms with Crippen LogP contribution in [0.3, 0.4) is 0 Å². The standard InChI is InChI=1S/C13H19NO2/c1-4-10(3)14-13(15)11-7-6-8-12(9-11)16-5-2/h6-10H,4-5H2,1-3H3,(H,14,15)/t10-/m1/s1. The Morgan fingerprint density at radius 2 is 2.19 bits per heavy atom. The summed E-state index contributed by atoms with van der Waals surface area (Å²) >= 11 is 0. The Bertz CT molecular complexity index is 350. The van der Waals surface area contributed by atoms with Gasteiger partial charge in [-0.05, 0) is 38.5 Å². The van der Waals surface area contributed by atoms with E-state index in [1.165, 1.54) is 0 Å². The molecule has 16 heavy (non-hydrogen) atoms. The number of hydrogen-bond acceptors (Lipinski definition) is 2. The number of ether oxygens (including phenoxy) is 1. The Balaban J connectivity index is 2.71. The molecule has 0 heterocycles. The van der Waals surface area contributed by atoms with Crippen molar-refractivity contribution in [3.05, 3.63) is 29.8 Å². The summed E-state index contributed by atoms with van der Waals surface area (Å²) in [7, 11) is 0. The highest BCUT2D eigenvalue weighted by atomic mass is 16.5. The monoisotopic (exact) mass is 221 g/mol. The number of carbonyl (C=O) groups is 1. The van der Waals surface area contributed by atoms with E-state index < -0.39 is 0 Å². The van der Waals surface area contributed by atoms with E-state index in [4.69, 9.17) is 4.74 Å². The number of benzene rings is 1. The van der Waals surface area contributed by atoms with Gasteiger partial charge in [0.05, 0.1) is 6.61 Å². The first-order valence-electron chi connectivity index (χ1n) is 5.71. The summed E-state index contributed by atoms with van der Waals surface area (Å²) in [5.74, 6) is 0.690. The summed E-state index contributed by atoms with van der Waals surface area (Å²) in [6, 6.07) is 7.44. The van der Waals surface area contributed by atoms with Gasteiger partial charge in [-0.3, -0.25) is 4.79 Å². The van der Waals surface area contributed by atoms with E-state index >= 15 is 0 Å². The maximum absolute atomic E-state index is 11.8. The Labute approximate surface area is 96.8 Å². The Kier molecular flexibility index (Phi) is 4.83. The van der Waals surface area contributed by atoms with E-state index in [2.05, 4.69) is 5.32 Å². The van der Waals surface area contributed by atoms with Gasteiger partial charge in [-0.2, -0.15) is 0 Å². The molecule has 1 amide bonds. The summed E-state index contributed by atoms with van der Waals surface area (Å²) in [6.07, 6.45) is 0.927. The van der Waals surface area contributed by atoms with Gasteiger partial charge in [-0.25, -0.2) is 0 Å². The molecule has 88 valence electrons. The van der Waals surface area contributed by atoms with E-state index in [-0.39, 0.29) is 11.9 Å². The first-order chi connectivity index (χ1) is 7.67. The van der Waals surface area contributed by atoms with Gasteiger partial charge < -0.3 is 10.1 Å². The third kappa shape index (κ3) is 3.57. The lowest BCUT2D eigenvalue weighted by Gasteiger charge is -2.12. The zero-order valence-electron chi connectivity index (χ0n) is 10.1. The number of amides is 1. The molecule has 1 rings (SSSR count). The van der Waals surface area contributed by atoms with Gasteiger partial charge in [0.15, 0.2) is 0 Å². The molecule has 1 N–H and O–H groups in total. The molecule has 0 radical (unpaired) electrons. The second kappa shape index (κ2) is 6.16. The average Bonchev–Trinajstić information content (AvgIpc) is 2.29. The summed E-state index contributed by atoms with van der Waals surface area (Å²) in [5.41, 5.74) is 0.645. The Morgan fingerprint density at radius 1 is 1.44 bits per heavy atom. The molecule has 3 heteroatoms. The molecule has 1 aromatic rings. The topological polar surface area (TPSA) is 38.3 Å². The lowest BCUT2D eigenvalue weighted by Crippen LogP contribution is -2.31. The highest BCUT2D eigenvalue weighted by molar-refractivity contribution is 5.94. The SMILES string of the molecule is CCOc1cccc(C(=O)N[C@H](C)CC)c1. The smallest absolute Gasteiger partial charge is 0.251 e. The molecule has 0 aliphatic carbocycles. The van der Waals surface area contributed by atoms with Crippen LogP contribution in [0.25, 0.3) is 0 Å². The molecule has 0 unspecified atom stereocenters. The highest BCUT2D eigenvalue weighted by Crippen LogP contribution is 2.13. The molecule has 0 fully saturated rings. The third-order valence-electron chi connectivity index (χ3n) is 2.40. The van der Waals surface area contributed by atoms with Gasteiger partial charge in [0.25, 0.3) is 5.91 Å². The fraction of sp³-hybridized carbons (Fsp3) is 0.462. The maximum atomic E-state index is 11.8. The summed E-state index contributed by atoms with van der Waals surface area (Å²) in [6.45, 7) is 6.56. The Hall–Kier alpha value is -1.51. The average molecular weight is 221 g/mol. The normalized spacial score (nSPS) is 11.9. The lowest BCUT2D eigenvalue weighted by atomic mass is 10.2. The van der Waals surface area contributed by atoms with E-state index in [9.17, 15) is 4.79 Å². The zero-order valence-corrected chi connectivity index (χ0v) is 10.1. The van der Waals surface area contributed by atoms with Gasteiger partial charge in [0.1, 0.15) is 5.75 Å². The predicted octanol–water partition coefficient (Wildman–Crippen LogP) is 2.61. The largest absolute Gasteiger partial charge is 0.494 e.